The zero-order valence-corrected chi connectivity index (χ0v) is 12.1. The number of nitrogens with two attached hydrogens (primary N) is 1. The van der Waals surface area contributed by atoms with Crippen molar-refractivity contribution < 1.29 is 8.42 Å². The first-order chi connectivity index (χ1) is 9.35. The highest BCUT2D eigenvalue weighted by Gasteiger charge is 2.48. The number of aromatic nitrogens is 2. The molecule has 0 amide bonds. The van der Waals surface area contributed by atoms with Crippen LogP contribution in [0.15, 0.2) is 29.4 Å². The van der Waals surface area contributed by atoms with Crippen LogP contribution in [0.25, 0.3) is 5.65 Å². The normalized spacial score (nSPS) is 21.1. The maximum atomic E-state index is 12.6. The summed E-state index contributed by atoms with van der Waals surface area (Å²) >= 11 is 0. The van der Waals surface area contributed by atoms with Crippen LogP contribution in [0, 0.1) is 5.41 Å². The molecule has 0 radical (unpaired) electrons. The predicted octanol–water partition coefficient (Wildman–Crippen LogP) is 0.697. The van der Waals surface area contributed by atoms with Gasteiger partial charge >= 0.3 is 0 Å². The summed E-state index contributed by atoms with van der Waals surface area (Å²) in [4.78, 5) is 4.17. The van der Waals surface area contributed by atoms with Crippen LogP contribution in [0.2, 0.25) is 0 Å². The largest absolute Gasteiger partial charge is 0.306 e. The highest BCUT2D eigenvalue weighted by atomic mass is 32.2. The van der Waals surface area contributed by atoms with Crippen LogP contribution in [-0.4, -0.2) is 23.8 Å². The minimum absolute atomic E-state index is 0.00384. The lowest BCUT2D eigenvalue weighted by Crippen LogP contribution is -2.30. The summed E-state index contributed by atoms with van der Waals surface area (Å²) in [6.45, 7) is 4.05. The molecule has 7 nitrogen and oxygen atoms in total. The fourth-order valence-electron chi connectivity index (χ4n) is 2.24. The third-order valence-corrected chi connectivity index (χ3v) is 5.18. The fraction of sp³-hybridized carbons (Fsp3) is 0.417. The number of fused-ring (bicyclic) bond motifs is 1. The first-order valence-electron chi connectivity index (χ1n) is 6.31. The van der Waals surface area contributed by atoms with E-state index in [1.165, 1.54) is 4.40 Å². The molecule has 1 saturated carbocycles. The number of anilines is 1. The van der Waals surface area contributed by atoms with Gasteiger partial charge in [-0.15, -0.1) is 0 Å². The van der Waals surface area contributed by atoms with Gasteiger partial charge in [-0.1, -0.05) is 19.9 Å². The van der Waals surface area contributed by atoms with Gasteiger partial charge in [0.1, 0.15) is 5.65 Å². The number of hydrogen-bond acceptors (Lipinski definition) is 5. The number of hydrazine groups is 1. The van der Waals surface area contributed by atoms with Crippen LogP contribution < -0.4 is 16.0 Å². The summed E-state index contributed by atoms with van der Waals surface area (Å²) in [5.41, 5.74) is 2.88. The van der Waals surface area contributed by atoms with E-state index in [-0.39, 0.29) is 22.3 Å². The van der Waals surface area contributed by atoms with Crippen molar-refractivity contribution in [1.82, 2.24) is 14.1 Å². The van der Waals surface area contributed by atoms with Crippen molar-refractivity contribution in [2.24, 2.45) is 11.3 Å². The van der Waals surface area contributed by atoms with Crippen LogP contribution in [-0.2, 0) is 10.0 Å². The second kappa shape index (κ2) is 4.18. The predicted molar refractivity (Wildman–Crippen MR) is 75.5 cm³/mol. The Labute approximate surface area is 117 Å². The highest BCUT2D eigenvalue weighted by molar-refractivity contribution is 7.89. The van der Waals surface area contributed by atoms with Crippen molar-refractivity contribution in [2.45, 2.75) is 31.3 Å². The molecule has 2 aromatic rings. The highest BCUT2D eigenvalue weighted by Crippen LogP contribution is 2.45. The molecule has 1 fully saturated rings. The van der Waals surface area contributed by atoms with Crippen molar-refractivity contribution in [3.63, 3.8) is 0 Å². The molecular weight excluding hydrogens is 278 g/mol. The summed E-state index contributed by atoms with van der Waals surface area (Å²) < 4.78 is 29.3. The number of nitrogens with zero attached hydrogens (tertiary/aromatic N) is 2. The summed E-state index contributed by atoms with van der Waals surface area (Å²) in [5.74, 6) is 5.53. The second-order valence-corrected chi connectivity index (χ2v) is 7.33. The van der Waals surface area contributed by atoms with E-state index in [1.54, 1.807) is 24.4 Å². The van der Waals surface area contributed by atoms with Gasteiger partial charge in [0, 0.05) is 12.2 Å². The molecule has 0 aromatic carbocycles. The van der Waals surface area contributed by atoms with Crippen LogP contribution in [0.5, 0.6) is 0 Å². The zero-order valence-electron chi connectivity index (χ0n) is 11.3. The Kier molecular flexibility index (Phi) is 2.79. The molecule has 0 aliphatic heterocycles. The second-order valence-electron chi connectivity index (χ2n) is 5.71. The maximum Gasteiger partial charge on any atom is 0.260 e. The standard InChI is InChI=1S/C12H17N5O2S/c1-12(2)7-8(12)16-20(18,19)11-10(15-13)14-9-5-3-4-6-17(9)11/h3-6,8,15-16H,7,13H2,1-2H3. The van der Waals surface area contributed by atoms with Gasteiger partial charge in [-0.25, -0.2) is 24.0 Å². The monoisotopic (exact) mass is 295 g/mol. The molecule has 1 atom stereocenters. The smallest absolute Gasteiger partial charge is 0.260 e. The summed E-state index contributed by atoms with van der Waals surface area (Å²) in [6.07, 6.45) is 2.48. The Balaban J connectivity index is 2.08. The fourth-order valence-corrected chi connectivity index (χ4v) is 3.90. The van der Waals surface area contributed by atoms with Crippen LogP contribution in [0.1, 0.15) is 20.3 Å². The quantitative estimate of drug-likeness (QED) is 0.569. The van der Waals surface area contributed by atoms with Crippen molar-refractivity contribution in [1.29, 1.82) is 0 Å². The van der Waals surface area contributed by atoms with Crippen molar-refractivity contribution in [3.05, 3.63) is 24.4 Å². The van der Waals surface area contributed by atoms with Gasteiger partial charge in [0.25, 0.3) is 10.0 Å². The first kappa shape index (κ1) is 13.3. The van der Waals surface area contributed by atoms with Gasteiger partial charge in [-0.05, 0) is 24.0 Å². The number of pyridine rings is 1. The number of nitrogen functional groups attached to an aromatic ring is 1. The van der Waals surface area contributed by atoms with Gasteiger partial charge in [0.15, 0.2) is 10.8 Å². The third-order valence-electron chi connectivity index (χ3n) is 3.69. The number of hydrogen-bond donors (Lipinski definition) is 3. The topological polar surface area (TPSA) is 102 Å². The molecule has 0 bridgehead atoms. The van der Waals surface area contributed by atoms with Crippen molar-refractivity contribution >= 4 is 21.5 Å². The van der Waals surface area contributed by atoms with Gasteiger partial charge in [0.2, 0.25) is 0 Å². The Morgan fingerprint density at radius 2 is 2.15 bits per heavy atom. The Morgan fingerprint density at radius 3 is 2.75 bits per heavy atom. The zero-order chi connectivity index (χ0) is 14.5. The molecule has 2 heterocycles. The van der Waals surface area contributed by atoms with Crippen molar-refractivity contribution in [3.8, 4) is 0 Å². The average Bonchev–Trinajstić information content (AvgIpc) is 2.84. The summed E-state index contributed by atoms with van der Waals surface area (Å²) in [6, 6.07) is 5.21. The van der Waals surface area contributed by atoms with Crippen LogP contribution in [0.4, 0.5) is 5.82 Å². The number of imidazole rings is 1. The van der Waals surface area contributed by atoms with E-state index in [0.29, 0.717) is 5.65 Å². The van der Waals surface area contributed by atoms with Crippen LogP contribution in [0.3, 0.4) is 0 Å². The van der Waals surface area contributed by atoms with Gasteiger partial charge < -0.3 is 5.43 Å². The van der Waals surface area contributed by atoms with Gasteiger partial charge in [-0.2, -0.15) is 0 Å². The maximum absolute atomic E-state index is 12.6. The summed E-state index contributed by atoms with van der Waals surface area (Å²) in [5, 5.41) is 0.0401. The first-order valence-corrected chi connectivity index (χ1v) is 7.79. The Morgan fingerprint density at radius 1 is 1.45 bits per heavy atom. The van der Waals surface area contributed by atoms with E-state index in [2.05, 4.69) is 15.1 Å². The minimum atomic E-state index is -3.69. The molecule has 108 valence electrons. The molecule has 2 aromatic heterocycles. The minimum Gasteiger partial charge on any atom is -0.306 e. The van der Waals surface area contributed by atoms with Crippen LogP contribution >= 0.6 is 0 Å². The van der Waals surface area contributed by atoms with E-state index in [4.69, 9.17) is 5.84 Å². The molecule has 20 heavy (non-hydrogen) atoms. The molecule has 0 spiro atoms. The lowest BCUT2D eigenvalue weighted by Gasteiger charge is -2.09. The molecular formula is C12H17N5O2S. The van der Waals surface area contributed by atoms with E-state index in [1.807, 2.05) is 13.8 Å². The lowest BCUT2D eigenvalue weighted by atomic mass is 10.2. The molecule has 0 saturated heterocycles. The van der Waals surface area contributed by atoms with E-state index in [0.717, 1.165) is 6.42 Å². The summed E-state index contributed by atoms with van der Waals surface area (Å²) in [7, 11) is -3.69. The number of rotatable bonds is 4. The van der Waals surface area contributed by atoms with E-state index < -0.39 is 10.0 Å². The number of sulfonamides is 1. The van der Waals surface area contributed by atoms with Crippen molar-refractivity contribution in [2.75, 3.05) is 5.43 Å². The molecule has 1 aliphatic carbocycles. The average molecular weight is 295 g/mol. The van der Waals surface area contributed by atoms with E-state index in [9.17, 15) is 8.42 Å². The Hall–Kier alpha value is -1.64. The third kappa shape index (κ3) is 2.05. The molecule has 4 N–H and O–H groups in total. The van der Waals surface area contributed by atoms with Gasteiger partial charge in [-0.3, -0.25) is 4.40 Å². The number of nitrogens with one attached hydrogen (secondary N) is 2. The molecule has 1 aliphatic rings. The molecule has 1 unspecified atom stereocenters. The van der Waals surface area contributed by atoms with Gasteiger partial charge in [0.05, 0.1) is 0 Å². The Bertz CT molecular complexity index is 765. The van der Waals surface area contributed by atoms with E-state index >= 15 is 0 Å². The SMILES string of the molecule is CC1(C)CC1NS(=O)(=O)c1c(NN)nc2ccccn12. The lowest BCUT2D eigenvalue weighted by molar-refractivity contribution is 0.551. The molecule has 8 heteroatoms. The molecule has 3 rings (SSSR count).